The van der Waals surface area contributed by atoms with Crippen LogP contribution in [-0.2, 0) is 0 Å². The average molecular weight is 136 g/mol. The molecule has 1 unspecified atom stereocenters. The highest BCUT2D eigenvalue weighted by molar-refractivity contribution is 5.29. The second-order valence-corrected chi connectivity index (χ2v) is 2.46. The zero-order valence-electron chi connectivity index (χ0n) is 6.17. The molecule has 1 aliphatic rings. The molecule has 0 spiro atoms. The van der Waals surface area contributed by atoms with Crippen molar-refractivity contribution in [2.45, 2.75) is 25.9 Å². The summed E-state index contributed by atoms with van der Waals surface area (Å²) in [5.41, 5.74) is 4.15. The van der Waals surface area contributed by atoms with Crippen LogP contribution in [0.15, 0.2) is 29.5 Å². The lowest BCUT2D eigenvalue weighted by Gasteiger charge is -2.04. The molecule has 1 rings (SSSR count). The summed E-state index contributed by atoms with van der Waals surface area (Å²) in [4.78, 5) is 0. The molecule has 1 nitrogen and oxygen atoms in total. The van der Waals surface area contributed by atoms with Gasteiger partial charge >= 0.3 is 0 Å². The van der Waals surface area contributed by atoms with Crippen molar-refractivity contribution in [2.75, 3.05) is 0 Å². The molecule has 0 aromatic rings. The zero-order valence-corrected chi connectivity index (χ0v) is 6.17. The Bertz CT molecular complexity index is 195. The second kappa shape index (κ2) is 3.40. The van der Waals surface area contributed by atoms with Crippen LogP contribution in [0.25, 0.3) is 0 Å². The van der Waals surface area contributed by atoms with Crippen LogP contribution in [-0.4, -0.2) is 11.2 Å². The van der Waals surface area contributed by atoms with Crippen molar-refractivity contribution in [1.29, 1.82) is 0 Å². The van der Waals surface area contributed by atoms with E-state index in [-0.39, 0.29) is 6.10 Å². The monoisotopic (exact) mass is 136 g/mol. The van der Waals surface area contributed by atoms with Crippen molar-refractivity contribution in [1.82, 2.24) is 0 Å². The van der Waals surface area contributed by atoms with E-state index in [1.54, 1.807) is 0 Å². The van der Waals surface area contributed by atoms with Gasteiger partial charge in [-0.05, 0) is 18.1 Å². The molecule has 0 aromatic carbocycles. The van der Waals surface area contributed by atoms with Gasteiger partial charge in [-0.25, -0.2) is 0 Å². The van der Waals surface area contributed by atoms with Crippen LogP contribution in [0.3, 0.4) is 0 Å². The van der Waals surface area contributed by atoms with Crippen molar-refractivity contribution in [3.05, 3.63) is 29.5 Å². The van der Waals surface area contributed by atoms with Crippen molar-refractivity contribution in [3.8, 4) is 0 Å². The minimum Gasteiger partial charge on any atom is -0.393 e. The summed E-state index contributed by atoms with van der Waals surface area (Å²) in [6, 6.07) is 0. The number of aliphatic hydroxyl groups excluding tert-OH is 1. The highest BCUT2D eigenvalue weighted by atomic mass is 16.3. The summed E-state index contributed by atoms with van der Waals surface area (Å²) >= 11 is 0. The van der Waals surface area contributed by atoms with Gasteiger partial charge in [0.25, 0.3) is 0 Å². The maximum Gasteiger partial charge on any atom is 0.0584 e. The second-order valence-electron chi connectivity index (χ2n) is 2.46. The van der Waals surface area contributed by atoms with Crippen molar-refractivity contribution in [2.24, 2.45) is 0 Å². The van der Waals surface area contributed by atoms with Gasteiger partial charge in [0.05, 0.1) is 6.10 Å². The van der Waals surface area contributed by atoms with Gasteiger partial charge in [-0.15, -0.1) is 5.73 Å². The topological polar surface area (TPSA) is 20.2 Å². The molecule has 0 fully saturated rings. The Morgan fingerprint density at radius 1 is 1.70 bits per heavy atom. The summed E-state index contributed by atoms with van der Waals surface area (Å²) in [5, 5.41) is 9.21. The van der Waals surface area contributed by atoms with Gasteiger partial charge < -0.3 is 5.11 Å². The molecule has 1 aliphatic carbocycles. The van der Waals surface area contributed by atoms with Gasteiger partial charge in [0.1, 0.15) is 0 Å². The van der Waals surface area contributed by atoms with E-state index in [1.807, 2.05) is 25.2 Å². The van der Waals surface area contributed by atoms with Crippen LogP contribution in [0.5, 0.6) is 0 Å². The van der Waals surface area contributed by atoms with E-state index < -0.39 is 0 Å². The lowest BCUT2D eigenvalue weighted by Crippen LogP contribution is -2.03. The van der Waals surface area contributed by atoms with Crippen LogP contribution in [0.4, 0.5) is 0 Å². The van der Waals surface area contributed by atoms with E-state index in [0.29, 0.717) is 0 Å². The van der Waals surface area contributed by atoms with Gasteiger partial charge in [0.15, 0.2) is 0 Å². The fraction of sp³-hybridized carbons (Fsp3) is 0.444. The Kier molecular flexibility index (Phi) is 2.49. The van der Waals surface area contributed by atoms with E-state index in [2.05, 4.69) is 5.73 Å². The molecule has 0 heterocycles. The highest BCUT2D eigenvalue weighted by Crippen LogP contribution is 2.11. The van der Waals surface area contributed by atoms with Crippen LogP contribution >= 0.6 is 0 Å². The molecular formula is C9H12O. The maximum atomic E-state index is 9.21. The summed E-state index contributed by atoms with van der Waals surface area (Å²) in [7, 11) is 0. The number of aliphatic hydroxyl groups is 1. The predicted molar refractivity (Wildman–Crippen MR) is 41.7 cm³/mol. The number of rotatable bonds is 3. The molecule has 0 saturated carbocycles. The molecule has 0 saturated heterocycles. The molecule has 1 heteroatoms. The van der Waals surface area contributed by atoms with Gasteiger partial charge in [-0.3, -0.25) is 0 Å². The summed E-state index contributed by atoms with van der Waals surface area (Å²) < 4.78 is 0. The number of hydrogen-bond acceptors (Lipinski definition) is 1. The van der Waals surface area contributed by atoms with Gasteiger partial charge in [-0.1, -0.05) is 19.1 Å². The SMILES string of the molecule is CCC(O)CC1=C=CC=C1. The third-order valence-electron chi connectivity index (χ3n) is 1.59. The molecule has 54 valence electrons. The predicted octanol–water partition coefficient (Wildman–Crippen LogP) is 1.80. The quantitative estimate of drug-likeness (QED) is 0.586. The van der Waals surface area contributed by atoms with Crippen LogP contribution in [0.1, 0.15) is 19.8 Å². The molecule has 1 atom stereocenters. The van der Waals surface area contributed by atoms with E-state index in [1.165, 1.54) is 0 Å². The fourth-order valence-corrected chi connectivity index (χ4v) is 0.893. The molecule has 1 N–H and O–H groups in total. The van der Waals surface area contributed by atoms with E-state index >= 15 is 0 Å². The van der Waals surface area contributed by atoms with Crippen molar-refractivity contribution < 1.29 is 5.11 Å². The Balaban J connectivity index is 2.39. The minimum atomic E-state index is -0.196. The first kappa shape index (κ1) is 7.33. The standard InChI is InChI=1S/C9H12O/c1-2-9(10)7-8-5-3-4-6-8/h3-5,9-10H,2,7H2,1H3. The highest BCUT2D eigenvalue weighted by Gasteiger charge is 2.02. The first-order valence-electron chi connectivity index (χ1n) is 3.63. The summed E-state index contributed by atoms with van der Waals surface area (Å²) in [6.07, 6.45) is 7.16. The van der Waals surface area contributed by atoms with E-state index in [4.69, 9.17) is 0 Å². The maximum absolute atomic E-state index is 9.21. The third-order valence-corrected chi connectivity index (χ3v) is 1.59. The average Bonchev–Trinajstić information content (AvgIpc) is 2.40. The van der Waals surface area contributed by atoms with E-state index in [9.17, 15) is 5.11 Å². The van der Waals surface area contributed by atoms with Crippen molar-refractivity contribution >= 4 is 0 Å². The lowest BCUT2D eigenvalue weighted by atomic mass is 10.1. The summed E-state index contributed by atoms with van der Waals surface area (Å²) in [6.45, 7) is 1.98. The normalized spacial score (nSPS) is 17.6. The largest absolute Gasteiger partial charge is 0.393 e. The molecule has 10 heavy (non-hydrogen) atoms. The van der Waals surface area contributed by atoms with Crippen molar-refractivity contribution in [3.63, 3.8) is 0 Å². The van der Waals surface area contributed by atoms with E-state index in [0.717, 1.165) is 18.4 Å². The third kappa shape index (κ3) is 1.87. The Morgan fingerprint density at radius 3 is 3.00 bits per heavy atom. The lowest BCUT2D eigenvalue weighted by molar-refractivity contribution is 0.171. The van der Waals surface area contributed by atoms with Gasteiger partial charge in [0.2, 0.25) is 0 Å². The van der Waals surface area contributed by atoms with Crippen LogP contribution < -0.4 is 0 Å². The molecule has 0 aliphatic heterocycles. The summed E-state index contributed by atoms with van der Waals surface area (Å²) in [5.74, 6) is 0. The molecule has 0 aromatic heterocycles. The van der Waals surface area contributed by atoms with Crippen LogP contribution in [0.2, 0.25) is 0 Å². The van der Waals surface area contributed by atoms with Crippen LogP contribution in [0, 0.1) is 0 Å². The Morgan fingerprint density at radius 2 is 2.50 bits per heavy atom. The fourth-order valence-electron chi connectivity index (χ4n) is 0.893. The molecular weight excluding hydrogens is 124 g/mol. The molecule has 0 amide bonds. The number of hydrogen-bond donors (Lipinski definition) is 1. The first-order valence-corrected chi connectivity index (χ1v) is 3.63. The van der Waals surface area contributed by atoms with Gasteiger partial charge in [0, 0.05) is 6.42 Å². The Hall–Kier alpha value is -0.780. The zero-order chi connectivity index (χ0) is 7.40. The smallest absolute Gasteiger partial charge is 0.0584 e. The molecule has 0 radical (unpaired) electrons. The minimum absolute atomic E-state index is 0.196. The Labute approximate surface area is 61.4 Å². The van der Waals surface area contributed by atoms with Gasteiger partial charge in [-0.2, -0.15) is 0 Å². The number of allylic oxidation sites excluding steroid dienone is 2. The molecule has 0 bridgehead atoms. The first-order chi connectivity index (χ1) is 4.83.